The number of aromatic nitrogens is 1. The summed E-state index contributed by atoms with van der Waals surface area (Å²) in [5.41, 5.74) is 0.793. The van der Waals surface area contributed by atoms with Gasteiger partial charge in [0.2, 0.25) is 0 Å². The first kappa shape index (κ1) is 8.25. The van der Waals surface area contributed by atoms with Gasteiger partial charge in [0.05, 0.1) is 5.56 Å². The molecule has 0 amide bonds. The fraction of sp³-hybridized carbons (Fsp3) is 0.125. The Kier molecular flexibility index (Phi) is 3.09. The minimum Gasteiger partial charge on any atom is -0.384 e. The van der Waals surface area contributed by atoms with E-state index >= 15 is 0 Å². The van der Waals surface area contributed by atoms with Crippen LogP contribution in [-0.4, -0.2) is 16.7 Å². The molecule has 1 heterocycles. The Labute approximate surface area is 73.4 Å². The fourth-order valence-electron chi connectivity index (χ4n) is 0.614. The molecule has 3 heteroatoms. The molecule has 0 saturated carbocycles. The first-order valence-corrected chi connectivity index (χ1v) is 3.84. The van der Waals surface area contributed by atoms with Crippen LogP contribution in [0.3, 0.4) is 0 Å². The standard InChI is InChI=1S/C8H6BrNO/c9-8-7(4-2-6-11)3-1-5-10-8/h1,3,5,11H,6H2. The molecule has 0 spiro atoms. The van der Waals surface area contributed by atoms with E-state index in [2.05, 4.69) is 32.8 Å². The number of hydrogen-bond acceptors (Lipinski definition) is 2. The Morgan fingerprint density at radius 2 is 2.45 bits per heavy atom. The van der Waals surface area contributed by atoms with Crippen LogP contribution in [0, 0.1) is 11.8 Å². The van der Waals surface area contributed by atoms with Gasteiger partial charge in [-0.05, 0) is 28.1 Å². The molecule has 1 aromatic rings. The van der Waals surface area contributed by atoms with Gasteiger partial charge in [0, 0.05) is 6.20 Å². The molecule has 0 aliphatic rings. The van der Waals surface area contributed by atoms with Crippen LogP contribution in [0.25, 0.3) is 0 Å². The molecule has 1 rings (SSSR count). The SMILES string of the molecule is OCC#Cc1cccnc1Br. The van der Waals surface area contributed by atoms with Crippen molar-refractivity contribution in [3.05, 3.63) is 28.5 Å². The van der Waals surface area contributed by atoms with Crippen molar-refractivity contribution in [3.63, 3.8) is 0 Å². The number of hydrogen-bond donors (Lipinski definition) is 1. The van der Waals surface area contributed by atoms with Crippen molar-refractivity contribution in [3.8, 4) is 11.8 Å². The summed E-state index contributed by atoms with van der Waals surface area (Å²) >= 11 is 3.23. The van der Waals surface area contributed by atoms with E-state index in [1.54, 1.807) is 12.3 Å². The molecule has 0 aliphatic heterocycles. The van der Waals surface area contributed by atoms with Gasteiger partial charge >= 0.3 is 0 Å². The second-order valence-corrected chi connectivity index (χ2v) is 2.55. The van der Waals surface area contributed by atoms with Gasteiger partial charge in [-0.15, -0.1) is 0 Å². The van der Waals surface area contributed by atoms with Gasteiger partial charge in [-0.3, -0.25) is 0 Å². The summed E-state index contributed by atoms with van der Waals surface area (Å²) in [5, 5.41) is 8.41. The normalized spacial score (nSPS) is 8.55. The maximum Gasteiger partial charge on any atom is 0.121 e. The molecule has 56 valence electrons. The van der Waals surface area contributed by atoms with Gasteiger partial charge in [0.25, 0.3) is 0 Å². The molecular formula is C8H6BrNO. The zero-order chi connectivity index (χ0) is 8.10. The lowest BCUT2D eigenvalue weighted by Crippen LogP contribution is -1.81. The second-order valence-electron chi connectivity index (χ2n) is 1.80. The second kappa shape index (κ2) is 4.12. The molecule has 0 aromatic carbocycles. The lowest BCUT2D eigenvalue weighted by molar-refractivity contribution is 0.350. The van der Waals surface area contributed by atoms with Gasteiger partial charge in [-0.25, -0.2) is 4.98 Å². The minimum atomic E-state index is -0.124. The van der Waals surface area contributed by atoms with E-state index in [1.165, 1.54) is 0 Å². The van der Waals surface area contributed by atoms with Crippen LogP contribution in [0.15, 0.2) is 22.9 Å². The predicted octanol–water partition coefficient (Wildman–Crippen LogP) is 1.19. The van der Waals surface area contributed by atoms with Gasteiger partial charge in [-0.2, -0.15) is 0 Å². The van der Waals surface area contributed by atoms with Crippen molar-refractivity contribution in [1.82, 2.24) is 4.98 Å². The van der Waals surface area contributed by atoms with Crippen LogP contribution in [0.1, 0.15) is 5.56 Å². The van der Waals surface area contributed by atoms with E-state index in [-0.39, 0.29) is 6.61 Å². The van der Waals surface area contributed by atoms with Gasteiger partial charge in [0.1, 0.15) is 11.2 Å². The first-order chi connectivity index (χ1) is 5.34. The summed E-state index contributed by atoms with van der Waals surface area (Å²) in [6, 6.07) is 3.63. The van der Waals surface area contributed by atoms with Crippen LogP contribution >= 0.6 is 15.9 Å². The number of aliphatic hydroxyl groups is 1. The molecule has 1 N–H and O–H groups in total. The zero-order valence-corrected chi connectivity index (χ0v) is 7.30. The largest absolute Gasteiger partial charge is 0.384 e. The predicted molar refractivity (Wildman–Crippen MR) is 45.9 cm³/mol. The Balaban J connectivity index is 2.95. The number of rotatable bonds is 0. The minimum absolute atomic E-state index is 0.124. The van der Waals surface area contributed by atoms with Gasteiger partial charge in [-0.1, -0.05) is 11.8 Å². The van der Waals surface area contributed by atoms with E-state index < -0.39 is 0 Å². The number of pyridine rings is 1. The highest BCUT2D eigenvalue weighted by Gasteiger charge is 1.92. The van der Waals surface area contributed by atoms with Crippen LogP contribution in [-0.2, 0) is 0 Å². The summed E-state index contributed by atoms with van der Waals surface area (Å²) < 4.78 is 0.709. The molecule has 0 fully saturated rings. The third-order valence-corrected chi connectivity index (χ3v) is 1.69. The van der Waals surface area contributed by atoms with Crippen molar-refractivity contribution < 1.29 is 5.11 Å². The Bertz CT molecular complexity index is 300. The zero-order valence-electron chi connectivity index (χ0n) is 5.71. The van der Waals surface area contributed by atoms with Crippen LogP contribution in [0.4, 0.5) is 0 Å². The van der Waals surface area contributed by atoms with Gasteiger partial charge < -0.3 is 5.11 Å². The first-order valence-electron chi connectivity index (χ1n) is 3.05. The van der Waals surface area contributed by atoms with E-state index in [9.17, 15) is 0 Å². The molecule has 0 radical (unpaired) electrons. The Morgan fingerprint density at radius 3 is 3.09 bits per heavy atom. The quantitative estimate of drug-likeness (QED) is 0.517. The maximum absolute atomic E-state index is 8.41. The average molecular weight is 212 g/mol. The van der Waals surface area contributed by atoms with Crippen molar-refractivity contribution in [2.24, 2.45) is 0 Å². The third kappa shape index (κ3) is 2.34. The van der Waals surface area contributed by atoms with Crippen LogP contribution in [0.2, 0.25) is 0 Å². The maximum atomic E-state index is 8.41. The molecule has 2 nitrogen and oxygen atoms in total. The van der Waals surface area contributed by atoms with E-state index in [0.717, 1.165) is 5.56 Å². The fourth-order valence-corrected chi connectivity index (χ4v) is 0.964. The van der Waals surface area contributed by atoms with E-state index in [0.29, 0.717) is 4.60 Å². The monoisotopic (exact) mass is 211 g/mol. The number of halogens is 1. The van der Waals surface area contributed by atoms with Crippen LogP contribution < -0.4 is 0 Å². The number of aliphatic hydroxyl groups excluding tert-OH is 1. The highest BCUT2D eigenvalue weighted by molar-refractivity contribution is 9.10. The van der Waals surface area contributed by atoms with Crippen molar-refractivity contribution in [1.29, 1.82) is 0 Å². The van der Waals surface area contributed by atoms with Crippen molar-refractivity contribution in [2.75, 3.05) is 6.61 Å². The summed E-state index contributed by atoms with van der Waals surface area (Å²) in [5.74, 6) is 5.29. The van der Waals surface area contributed by atoms with Crippen molar-refractivity contribution >= 4 is 15.9 Å². The summed E-state index contributed by atoms with van der Waals surface area (Å²) in [7, 11) is 0. The third-order valence-electron chi connectivity index (χ3n) is 1.06. The smallest absolute Gasteiger partial charge is 0.121 e. The molecule has 0 atom stereocenters. The molecule has 0 aliphatic carbocycles. The Hall–Kier alpha value is -0.850. The van der Waals surface area contributed by atoms with E-state index in [4.69, 9.17) is 5.11 Å². The molecule has 0 unspecified atom stereocenters. The van der Waals surface area contributed by atoms with E-state index in [1.807, 2.05) is 6.07 Å². The number of nitrogens with zero attached hydrogens (tertiary/aromatic N) is 1. The Morgan fingerprint density at radius 1 is 1.64 bits per heavy atom. The van der Waals surface area contributed by atoms with Gasteiger partial charge in [0.15, 0.2) is 0 Å². The summed E-state index contributed by atoms with van der Waals surface area (Å²) in [4.78, 5) is 3.96. The van der Waals surface area contributed by atoms with Crippen LogP contribution in [0.5, 0.6) is 0 Å². The topological polar surface area (TPSA) is 33.1 Å². The molecule has 1 aromatic heterocycles. The molecular weight excluding hydrogens is 206 g/mol. The average Bonchev–Trinajstić information content (AvgIpc) is 2.03. The lowest BCUT2D eigenvalue weighted by Gasteiger charge is -1.90. The molecule has 0 bridgehead atoms. The summed E-state index contributed by atoms with van der Waals surface area (Å²) in [6.45, 7) is -0.124. The molecule has 0 saturated heterocycles. The summed E-state index contributed by atoms with van der Waals surface area (Å²) in [6.07, 6.45) is 1.67. The van der Waals surface area contributed by atoms with Crippen molar-refractivity contribution in [2.45, 2.75) is 0 Å². The lowest BCUT2D eigenvalue weighted by atomic mass is 10.3. The highest BCUT2D eigenvalue weighted by atomic mass is 79.9. The molecule has 11 heavy (non-hydrogen) atoms. The highest BCUT2D eigenvalue weighted by Crippen LogP contribution is 2.10.